The first-order valence-electron chi connectivity index (χ1n) is 12.9. The number of nitrogens with one attached hydrogen (secondary N) is 1. The van der Waals surface area contributed by atoms with Crippen LogP contribution in [0, 0.1) is 0 Å². The number of amides is 1. The van der Waals surface area contributed by atoms with Crippen molar-refractivity contribution in [3.05, 3.63) is 89.7 Å². The molecule has 0 atom stereocenters. The van der Waals surface area contributed by atoms with Gasteiger partial charge < -0.3 is 11.1 Å². The standard InChI is InChI=1S/C30H34N6OS/c1-3-4-17-36(18-16-33-30(37)27(19-31)38-2)21-22-10-12-24(13-11-22)29-28(23-8-6-5-7-9-23)35-26-20-32-15-14-25(26)34-29/h5-15,19-20H,3-4,16-18,21,31H2,1-2H3,(H,33,37)/b27-19-. The molecule has 8 heteroatoms. The Labute approximate surface area is 228 Å². The van der Waals surface area contributed by atoms with Crippen LogP contribution >= 0.6 is 11.8 Å². The van der Waals surface area contributed by atoms with Crippen LogP contribution in [0.5, 0.6) is 0 Å². The third-order valence-electron chi connectivity index (χ3n) is 6.28. The molecule has 0 fully saturated rings. The van der Waals surface area contributed by atoms with E-state index in [9.17, 15) is 4.79 Å². The molecule has 0 aliphatic rings. The van der Waals surface area contributed by atoms with Crippen LogP contribution in [-0.4, -0.2) is 51.6 Å². The second-order valence-corrected chi connectivity index (χ2v) is 9.82. The maximum atomic E-state index is 12.2. The van der Waals surface area contributed by atoms with Crippen molar-refractivity contribution < 1.29 is 4.79 Å². The van der Waals surface area contributed by atoms with E-state index < -0.39 is 0 Å². The normalized spacial score (nSPS) is 11.7. The molecule has 7 nitrogen and oxygen atoms in total. The number of nitrogens with two attached hydrogens (primary N) is 1. The lowest BCUT2D eigenvalue weighted by Gasteiger charge is -2.22. The van der Waals surface area contributed by atoms with Crippen LogP contribution in [0.15, 0.2) is 84.2 Å². The zero-order valence-electron chi connectivity index (χ0n) is 21.9. The molecule has 0 unspecified atom stereocenters. The van der Waals surface area contributed by atoms with Crippen molar-refractivity contribution in [2.24, 2.45) is 5.73 Å². The van der Waals surface area contributed by atoms with E-state index in [1.165, 1.54) is 23.5 Å². The molecule has 0 aliphatic heterocycles. The van der Waals surface area contributed by atoms with Crippen molar-refractivity contribution >= 4 is 28.7 Å². The highest BCUT2D eigenvalue weighted by Crippen LogP contribution is 2.31. The van der Waals surface area contributed by atoms with Crippen molar-refractivity contribution in [2.75, 3.05) is 25.9 Å². The predicted octanol–water partition coefficient (Wildman–Crippen LogP) is 5.24. The van der Waals surface area contributed by atoms with Crippen LogP contribution in [0.1, 0.15) is 25.3 Å². The van der Waals surface area contributed by atoms with E-state index in [-0.39, 0.29) is 5.91 Å². The van der Waals surface area contributed by atoms with Crippen molar-refractivity contribution in [1.82, 2.24) is 25.2 Å². The van der Waals surface area contributed by atoms with E-state index in [1.807, 2.05) is 30.5 Å². The summed E-state index contributed by atoms with van der Waals surface area (Å²) < 4.78 is 0. The third kappa shape index (κ3) is 6.96. The predicted molar refractivity (Wildman–Crippen MR) is 157 cm³/mol. The summed E-state index contributed by atoms with van der Waals surface area (Å²) in [5, 5.41) is 2.97. The molecule has 0 bridgehead atoms. The Bertz CT molecular complexity index is 1370. The van der Waals surface area contributed by atoms with Gasteiger partial charge in [0.25, 0.3) is 5.91 Å². The van der Waals surface area contributed by atoms with Crippen LogP contribution in [0.3, 0.4) is 0 Å². The number of carbonyl (C=O) groups is 1. The zero-order chi connectivity index (χ0) is 26.7. The van der Waals surface area contributed by atoms with Gasteiger partial charge in [-0.05, 0) is 30.9 Å². The highest BCUT2D eigenvalue weighted by atomic mass is 32.2. The van der Waals surface area contributed by atoms with Gasteiger partial charge in [-0.2, -0.15) is 0 Å². The lowest BCUT2D eigenvalue weighted by Crippen LogP contribution is -2.35. The fraction of sp³-hybridized carbons (Fsp3) is 0.267. The van der Waals surface area contributed by atoms with E-state index in [2.05, 4.69) is 58.5 Å². The summed E-state index contributed by atoms with van der Waals surface area (Å²) in [5.74, 6) is -0.124. The molecule has 0 aliphatic carbocycles. The van der Waals surface area contributed by atoms with E-state index in [1.54, 1.807) is 12.4 Å². The van der Waals surface area contributed by atoms with Gasteiger partial charge in [0.15, 0.2) is 0 Å². The van der Waals surface area contributed by atoms with Crippen molar-refractivity contribution in [3.8, 4) is 22.5 Å². The van der Waals surface area contributed by atoms with Gasteiger partial charge in [0, 0.05) is 43.2 Å². The molecule has 0 saturated carbocycles. The van der Waals surface area contributed by atoms with E-state index >= 15 is 0 Å². The van der Waals surface area contributed by atoms with Crippen LogP contribution in [0.25, 0.3) is 33.5 Å². The first kappa shape index (κ1) is 27.3. The number of thioether (sulfide) groups is 1. The molecule has 0 saturated heterocycles. The Morgan fingerprint density at radius 3 is 2.37 bits per heavy atom. The molecule has 196 valence electrons. The second-order valence-electron chi connectivity index (χ2n) is 8.97. The molecule has 1 amide bonds. The molecular weight excluding hydrogens is 492 g/mol. The minimum absolute atomic E-state index is 0.124. The number of carbonyl (C=O) groups excluding carboxylic acids is 1. The average molecular weight is 527 g/mol. The molecule has 2 aromatic carbocycles. The van der Waals surface area contributed by atoms with E-state index in [0.717, 1.165) is 66.0 Å². The molecule has 0 spiro atoms. The van der Waals surface area contributed by atoms with Gasteiger partial charge in [-0.3, -0.25) is 14.7 Å². The largest absolute Gasteiger partial charge is 0.404 e. The zero-order valence-corrected chi connectivity index (χ0v) is 22.7. The summed E-state index contributed by atoms with van der Waals surface area (Å²) in [6, 6.07) is 20.6. The second kappa shape index (κ2) is 13.7. The summed E-state index contributed by atoms with van der Waals surface area (Å²) in [6.07, 6.45) is 8.92. The monoisotopic (exact) mass is 526 g/mol. The average Bonchev–Trinajstić information content (AvgIpc) is 2.96. The quantitative estimate of drug-likeness (QED) is 0.244. The third-order valence-corrected chi connectivity index (χ3v) is 7.05. The lowest BCUT2D eigenvalue weighted by molar-refractivity contribution is -0.116. The van der Waals surface area contributed by atoms with Crippen molar-refractivity contribution in [2.45, 2.75) is 26.3 Å². The fourth-order valence-corrected chi connectivity index (χ4v) is 4.63. The van der Waals surface area contributed by atoms with Gasteiger partial charge in [-0.15, -0.1) is 11.8 Å². The fourth-order valence-electron chi connectivity index (χ4n) is 4.23. The number of unbranched alkanes of at least 4 members (excludes halogenated alkanes) is 1. The Morgan fingerprint density at radius 1 is 0.974 bits per heavy atom. The Balaban J connectivity index is 1.53. The number of hydrogen-bond donors (Lipinski definition) is 2. The minimum Gasteiger partial charge on any atom is -0.404 e. The first-order valence-corrected chi connectivity index (χ1v) is 14.1. The lowest BCUT2D eigenvalue weighted by atomic mass is 10.0. The molecule has 38 heavy (non-hydrogen) atoms. The molecule has 3 N–H and O–H groups in total. The highest BCUT2D eigenvalue weighted by Gasteiger charge is 2.14. The van der Waals surface area contributed by atoms with Gasteiger partial charge in [0.1, 0.15) is 5.52 Å². The number of fused-ring (bicyclic) bond motifs is 1. The Kier molecular flexibility index (Phi) is 9.84. The molecular formula is C30H34N6OS. The maximum absolute atomic E-state index is 12.2. The first-order chi connectivity index (χ1) is 18.6. The summed E-state index contributed by atoms with van der Waals surface area (Å²) >= 11 is 1.35. The van der Waals surface area contributed by atoms with Crippen LogP contribution in [-0.2, 0) is 11.3 Å². The molecule has 4 aromatic rings. The minimum atomic E-state index is -0.124. The number of nitrogens with zero attached hydrogens (tertiary/aromatic N) is 4. The number of pyridine rings is 1. The summed E-state index contributed by atoms with van der Waals surface area (Å²) in [5.41, 5.74) is 12.1. The Hall–Kier alpha value is -3.75. The van der Waals surface area contributed by atoms with Crippen LogP contribution < -0.4 is 11.1 Å². The smallest absolute Gasteiger partial charge is 0.259 e. The summed E-state index contributed by atoms with van der Waals surface area (Å²) in [6.45, 7) is 5.30. The van der Waals surface area contributed by atoms with Crippen molar-refractivity contribution in [1.29, 1.82) is 0 Å². The highest BCUT2D eigenvalue weighted by molar-refractivity contribution is 8.03. The SMILES string of the molecule is CCCCN(CCNC(=O)/C(=C/N)SC)Cc1ccc(-c2nc3ccncc3nc2-c2ccccc2)cc1. The van der Waals surface area contributed by atoms with Crippen LogP contribution in [0.2, 0.25) is 0 Å². The van der Waals surface area contributed by atoms with Gasteiger partial charge in [0.2, 0.25) is 0 Å². The molecule has 0 radical (unpaired) electrons. The molecule has 2 heterocycles. The summed E-state index contributed by atoms with van der Waals surface area (Å²) in [4.78, 5) is 29.2. The van der Waals surface area contributed by atoms with Crippen LogP contribution in [0.4, 0.5) is 0 Å². The number of hydrogen-bond acceptors (Lipinski definition) is 7. The Morgan fingerprint density at radius 2 is 1.68 bits per heavy atom. The maximum Gasteiger partial charge on any atom is 0.259 e. The van der Waals surface area contributed by atoms with E-state index in [4.69, 9.17) is 15.7 Å². The van der Waals surface area contributed by atoms with Gasteiger partial charge in [-0.25, -0.2) is 9.97 Å². The number of aromatic nitrogens is 3. The van der Waals surface area contributed by atoms with Gasteiger partial charge >= 0.3 is 0 Å². The topological polar surface area (TPSA) is 97.0 Å². The van der Waals surface area contributed by atoms with E-state index in [0.29, 0.717) is 11.4 Å². The van der Waals surface area contributed by atoms with Crippen molar-refractivity contribution in [3.63, 3.8) is 0 Å². The molecule has 4 rings (SSSR count). The summed E-state index contributed by atoms with van der Waals surface area (Å²) in [7, 11) is 0. The number of rotatable bonds is 12. The van der Waals surface area contributed by atoms with Gasteiger partial charge in [-0.1, -0.05) is 67.9 Å². The molecule has 2 aromatic heterocycles. The number of benzene rings is 2. The van der Waals surface area contributed by atoms with Gasteiger partial charge in [0.05, 0.1) is 28.0 Å².